The number of rotatable bonds is 6. The predicted octanol–water partition coefficient (Wildman–Crippen LogP) is 4.13. The fraction of sp³-hybridized carbons (Fsp3) is 0.895. The molecule has 0 amide bonds. The minimum absolute atomic E-state index is 0.222. The second kappa shape index (κ2) is 6.82. The van der Waals surface area contributed by atoms with Crippen LogP contribution < -0.4 is 0 Å². The number of aliphatic carboxylic acids is 1. The van der Waals surface area contributed by atoms with Crippen LogP contribution in [-0.2, 0) is 14.3 Å². The normalized spacial score (nSPS) is 32.6. The van der Waals surface area contributed by atoms with E-state index < -0.39 is 17.5 Å². The van der Waals surface area contributed by atoms with Crippen molar-refractivity contribution in [2.75, 3.05) is 0 Å². The Morgan fingerprint density at radius 1 is 1.22 bits per heavy atom. The summed E-state index contributed by atoms with van der Waals surface area (Å²) in [6.45, 7) is 9.58. The van der Waals surface area contributed by atoms with Crippen LogP contribution >= 0.6 is 0 Å². The summed E-state index contributed by atoms with van der Waals surface area (Å²) in [5.41, 5.74) is -0.526. The summed E-state index contributed by atoms with van der Waals surface area (Å²) in [6, 6.07) is 0. The van der Waals surface area contributed by atoms with Crippen molar-refractivity contribution in [2.45, 2.75) is 72.3 Å². The molecule has 0 saturated heterocycles. The molecule has 0 aromatic heterocycles. The number of fused-ring (bicyclic) bond motifs is 2. The molecule has 4 nitrogen and oxygen atoms in total. The van der Waals surface area contributed by atoms with Crippen molar-refractivity contribution in [2.24, 2.45) is 35.5 Å². The number of carbonyl (C=O) groups excluding carboxylic acids is 1. The Labute approximate surface area is 140 Å². The van der Waals surface area contributed by atoms with Gasteiger partial charge in [0.05, 0.1) is 11.8 Å². The number of carbonyl (C=O) groups is 2. The average molecular weight is 324 g/mol. The van der Waals surface area contributed by atoms with Crippen molar-refractivity contribution in [1.29, 1.82) is 0 Å². The molecule has 6 unspecified atom stereocenters. The van der Waals surface area contributed by atoms with Gasteiger partial charge in [-0.05, 0) is 76.5 Å². The van der Waals surface area contributed by atoms with Crippen molar-refractivity contribution in [3.63, 3.8) is 0 Å². The van der Waals surface area contributed by atoms with Crippen LogP contribution in [0.15, 0.2) is 0 Å². The summed E-state index contributed by atoms with van der Waals surface area (Å²) in [5, 5.41) is 9.21. The molecule has 0 heterocycles. The van der Waals surface area contributed by atoms with E-state index in [0.717, 1.165) is 18.3 Å². The highest BCUT2D eigenvalue weighted by molar-refractivity contribution is 5.75. The van der Waals surface area contributed by atoms with Crippen molar-refractivity contribution in [3.05, 3.63) is 0 Å². The van der Waals surface area contributed by atoms with Gasteiger partial charge >= 0.3 is 11.9 Å². The first-order valence-corrected chi connectivity index (χ1v) is 9.04. The van der Waals surface area contributed by atoms with Gasteiger partial charge in [0.15, 0.2) is 0 Å². The fourth-order valence-corrected chi connectivity index (χ4v) is 4.64. The number of carboxylic acids is 1. The SMILES string of the molecule is CC(CC(CC1C2CCC(C2)C1C)C(=O)OC(C)(C)C)C(=O)O. The van der Waals surface area contributed by atoms with E-state index in [1.165, 1.54) is 19.3 Å². The standard InChI is InChI=1S/C19H32O4/c1-11(17(20)21)8-15(18(22)23-19(3,4)5)10-16-12(2)13-6-7-14(16)9-13/h11-16H,6-10H2,1-5H3,(H,20,21). The molecule has 2 fully saturated rings. The lowest BCUT2D eigenvalue weighted by Gasteiger charge is -2.32. The molecule has 0 aliphatic heterocycles. The number of hydrogen-bond donors (Lipinski definition) is 1. The lowest BCUT2D eigenvalue weighted by Crippen LogP contribution is -2.33. The summed E-state index contributed by atoms with van der Waals surface area (Å²) in [6.07, 6.45) is 5.06. The third kappa shape index (κ3) is 4.48. The van der Waals surface area contributed by atoms with E-state index in [1.54, 1.807) is 6.92 Å². The first-order valence-electron chi connectivity index (χ1n) is 9.04. The Morgan fingerprint density at radius 2 is 1.83 bits per heavy atom. The second-order valence-electron chi connectivity index (χ2n) is 8.80. The maximum absolute atomic E-state index is 12.6. The van der Waals surface area contributed by atoms with E-state index >= 15 is 0 Å². The van der Waals surface area contributed by atoms with E-state index in [0.29, 0.717) is 18.3 Å². The van der Waals surface area contributed by atoms with Crippen LogP contribution in [0.25, 0.3) is 0 Å². The molecule has 2 saturated carbocycles. The van der Waals surface area contributed by atoms with Gasteiger partial charge in [-0.2, -0.15) is 0 Å². The van der Waals surface area contributed by atoms with Gasteiger partial charge in [-0.3, -0.25) is 9.59 Å². The largest absolute Gasteiger partial charge is 0.481 e. The molecule has 132 valence electrons. The Hall–Kier alpha value is -1.06. The third-order valence-corrected chi connectivity index (χ3v) is 5.89. The summed E-state index contributed by atoms with van der Waals surface area (Å²) in [5.74, 6) is 0.862. The number of ether oxygens (including phenoxy) is 1. The maximum atomic E-state index is 12.6. The number of esters is 1. The first-order chi connectivity index (χ1) is 10.6. The Bertz CT molecular complexity index is 449. The Morgan fingerprint density at radius 3 is 2.30 bits per heavy atom. The average Bonchev–Trinajstić information content (AvgIpc) is 2.98. The fourth-order valence-electron chi connectivity index (χ4n) is 4.64. The zero-order valence-electron chi connectivity index (χ0n) is 15.2. The molecule has 2 aliphatic carbocycles. The molecule has 6 atom stereocenters. The van der Waals surface area contributed by atoms with Gasteiger partial charge in [0.25, 0.3) is 0 Å². The highest BCUT2D eigenvalue weighted by Crippen LogP contribution is 2.54. The molecule has 2 rings (SSSR count). The molecule has 0 radical (unpaired) electrons. The van der Waals surface area contributed by atoms with Crippen LogP contribution in [0, 0.1) is 35.5 Å². The van der Waals surface area contributed by atoms with Gasteiger partial charge < -0.3 is 9.84 Å². The van der Waals surface area contributed by atoms with Crippen molar-refractivity contribution in [1.82, 2.24) is 0 Å². The second-order valence-corrected chi connectivity index (χ2v) is 8.80. The predicted molar refractivity (Wildman–Crippen MR) is 88.9 cm³/mol. The third-order valence-electron chi connectivity index (χ3n) is 5.89. The van der Waals surface area contributed by atoms with Crippen LogP contribution in [0.3, 0.4) is 0 Å². The molecular weight excluding hydrogens is 292 g/mol. The molecule has 2 bridgehead atoms. The van der Waals surface area contributed by atoms with Crippen molar-refractivity contribution < 1.29 is 19.4 Å². The van der Waals surface area contributed by atoms with Gasteiger partial charge in [-0.1, -0.05) is 13.8 Å². The molecule has 2 aliphatic rings. The van der Waals surface area contributed by atoms with Gasteiger partial charge in [0, 0.05) is 0 Å². The minimum atomic E-state index is -0.834. The summed E-state index contributed by atoms with van der Waals surface area (Å²) < 4.78 is 5.57. The summed E-state index contributed by atoms with van der Waals surface area (Å²) in [7, 11) is 0. The molecule has 4 heteroatoms. The number of carboxylic acid groups (broad SMARTS) is 1. The topological polar surface area (TPSA) is 63.6 Å². The van der Waals surface area contributed by atoms with Gasteiger partial charge in [-0.25, -0.2) is 0 Å². The monoisotopic (exact) mass is 324 g/mol. The van der Waals surface area contributed by atoms with Gasteiger partial charge in [0.1, 0.15) is 5.60 Å². The molecular formula is C19H32O4. The van der Waals surface area contributed by atoms with Crippen molar-refractivity contribution >= 4 is 11.9 Å². The zero-order chi connectivity index (χ0) is 17.4. The quantitative estimate of drug-likeness (QED) is 0.746. The van der Waals surface area contributed by atoms with E-state index in [9.17, 15) is 14.7 Å². The molecule has 1 N–H and O–H groups in total. The van der Waals surface area contributed by atoms with Crippen LogP contribution in [0.5, 0.6) is 0 Å². The van der Waals surface area contributed by atoms with Crippen LogP contribution in [0.2, 0.25) is 0 Å². The van der Waals surface area contributed by atoms with Crippen LogP contribution in [0.4, 0.5) is 0 Å². The molecule has 0 aromatic rings. The van der Waals surface area contributed by atoms with Gasteiger partial charge in [-0.15, -0.1) is 0 Å². The highest BCUT2D eigenvalue weighted by atomic mass is 16.6. The number of hydrogen-bond acceptors (Lipinski definition) is 3. The van der Waals surface area contributed by atoms with Crippen LogP contribution in [-0.4, -0.2) is 22.6 Å². The Kier molecular flexibility index (Phi) is 5.42. The molecule has 23 heavy (non-hydrogen) atoms. The lowest BCUT2D eigenvalue weighted by atomic mass is 9.74. The lowest BCUT2D eigenvalue weighted by molar-refractivity contribution is -0.162. The van der Waals surface area contributed by atoms with Crippen LogP contribution in [0.1, 0.15) is 66.7 Å². The first kappa shape index (κ1) is 18.3. The molecule has 0 aromatic carbocycles. The Balaban J connectivity index is 2.06. The molecule has 0 spiro atoms. The van der Waals surface area contributed by atoms with E-state index in [2.05, 4.69) is 6.92 Å². The van der Waals surface area contributed by atoms with Crippen molar-refractivity contribution in [3.8, 4) is 0 Å². The van der Waals surface area contributed by atoms with E-state index in [4.69, 9.17) is 4.74 Å². The zero-order valence-corrected chi connectivity index (χ0v) is 15.2. The van der Waals surface area contributed by atoms with E-state index in [-0.39, 0.29) is 11.9 Å². The smallest absolute Gasteiger partial charge is 0.309 e. The summed E-state index contributed by atoms with van der Waals surface area (Å²) >= 11 is 0. The highest BCUT2D eigenvalue weighted by Gasteiger charge is 2.46. The minimum Gasteiger partial charge on any atom is -0.481 e. The van der Waals surface area contributed by atoms with Gasteiger partial charge in [0.2, 0.25) is 0 Å². The summed E-state index contributed by atoms with van der Waals surface area (Å²) in [4.78, 5) is 23.8. The van der Waals surface area contributed by atoms with E-state index in [1.807, 2.05) is 20.8 Å². The maximum Gasteiger partial charge on any atom is 0.309 e.